The number of hydrogen-bond acceptors (Lipinski definition) is 5. The fraction of sp³-hybridized carbons (Fsp3) is 0.450. The molecule has 0 amide bonds. The third-order valence-electron chi connectivity index (χ3n) is 5.33. The van der Waals surface area contributed by atoms with Gasteiger partial charge in [0.05, 0.1) is 25.2 Å². The van der Waals surface area contributed by atoms with Crippen LogP contribution in [0, 0.1) is 11.8 Å². The average molecular weight is 405 g/mol. The van der Waals surface area contributed by atoms with Gasteiger partial charge in [0, 0.05) is 12.1 Å². The van der Waals surface area contributed by atoms with Crippen molar-refractivity contribution in [3.8, 4) is 17.0 Å². The topological polar surface area (TPSA) is 64.3 Å². The molecule has 1 aromatic carbocycles. The first-order valence-corrected chi connectivity index (χ1v) is 9.50. The second-order valence-corrected chi connectivity index (χ2v) is 7.66. The molecule has 0 unspecified atom stereocenters. The standard InChI is InChI=1S/C20H22F3N5O/c1-12-5-13(6-12)9-25-19-27-26-18(17-10-24-11-28(17)19)16-4-3-15(29-2)7-14(16)8-20(21,22)23/h3-4,7,10-13H,5-6,8-9H2,1-2H3,(H,25,27)/t12-,13+. The fourth-order valence-corrected chi connectivity index (χ4v) is 3.91. The average Bonchev–Trinajstić information content (AvgIpc) is 3.13. The summed E-state index contributed by atoms with van der Waals surface area (Å²) in [4.78, 5) is 4.16. The van der Waals surface area contributed by atoms with Crippen molar-refractivity contribution in [1.82, 2.24) is 19.6 Å². The van der Waals surface area contributed by atoms with Crippen LogP contribution >= 0.6 is 0 Å². The van der Waals surface area contributed by atoms with Gasteiger partial charge in [0.15, 0.2) is 0 Å². The molecule has 0 saturated heterocycles. The summed E-state index contributed by atoms with van der Waals surface area (Å²) < 4.78 is 46.2. The molecule has 1 aliphatic rings. The smallest absolute Gasteiger partial charge is 0.393 e. The third-order valence-corrected chi connectivity index (χ3v) is 5.33. The summed E-state index contributed by atoms with van der Waals surface area (Å²) in [5, 5.41) is 11.8. The zero-order chi connectivity index (χ0) is 20.6. The van der Waals surface area contributed by atoms with Gasteiger partial charge in [-0.05, 0) is 48.4 Å². The lowest BCUT2D eigenvalue weighted by Gasteiger charge is -2.32. The normalized spacial score (nSPS) is 19.2. The number of nitrogens with zero attached hydrogens (tertiary/aromatic N) is 4. The summed E-state index contributed by atoms with van der Waals surface area (Å²) in [6, 6.07) is 4.59. The van der Waals surface area contributed by atoms with Crippen molar-refractivity contribution in [3.63, 3.8) is 0 Å². The molecule has 1 saturated carbocycles. The number of fused-ring (bicyclic) bond motifs is 1. The van der Waals surface area contributed by atoms with Crippen LogP contribution in [0.2, 0.25) is 0 Å². The molecule has 6 nitrogen and oxygen atoms in total. The van der Waals surface area contributed by atoms with E-state index >= 15 is 0 Å². The number of hydrogen-bond donors (Lipinski definition) is 1. The van der Waals surface area contributed by atoms with Crippen LogP contribution in [0.4, 0.5) is 19.1 Å². The lowest BCUT2D eigenvalue weighted by molar-refractivity contribution is -0.127. The SMILES string of the molecule is COc1ccc(-c2nnc(NC[C@H]3C[C@@H](C)C3)n3cncc23)c(CC(F)(F)F)c1. The largest absolute Gasteiger partial charge is 0.497 e. The van der Waals surface area contributed by atoms with E-state index in [4.69, 9.17) is 4.74 Å². The lowest BCUT2D eigenvalue weighted by Crippen LogP contribution is -2.28. The summed E-state index contributed by atoms with van der Waals surface area (Å²) in [6.45, 7) is 3.01. The van der Waals surface area contributed by atoms with Crippen molar-refractivity contribution in [1.29, 1.82) is 0 Å². The Morgan fingerprint density at radius 1 is 1.24 bits per heavy atom. The number of halogens is 3. The van der Waals surface area contributed by atoms with Gasteiger partial charge in [0.2, 0.25) is 5.95 Å². The molecule has 154 valence electrons. The molecule has 2 heterocycles. The predicted molar refractivity (Wildman–Crippen MR) is 103 cm³/mol. The second kappa shape index (κ2) is 7.53. The molecule has 3 aromatic rings. The van der Waals surface area contributed by atoms with E-state index in [-0.39, 0.29) is 5.56 Å². The van der Waals surface area contributed by atoms with Gasteiger partial charge in [-0.15, -0.1) is 10.2 Å². The molecule has 29 heavy (non-hydrogen) atoms. The van der Waals surface area contributed by atoms with E-state index in [0.29, 0.717) is 34.4 Å². The van der Waals surface area contributed by atoms with Gasteiger partial charge in [-0.25, -0.2) is 4.98 Å². The Bertz CT molecular complexity index is 1010. The Labute approximate surface area is 166 Å². The molecule has 0 spiro atoms. The van der Waals surface area contributed by atoms with Crippen LogP contribution < -0.4 is 10.1 Å². The number of ether oxygens (including phenoxy) is 1. The number of rotatable bonds is 6. The molecule has 1 N–H and O–H groups in total. The maximum Gasteiger partial charge on any atom is 0.393 e. The Morgan fingerprint density at radius 2 is 2.03 bits per heavy atom. The van der Waals surface area contributed by atoms with Crippen molar-refractivity contribution in [2.75, 3.05) is 19.0 Å². The molecule has 2 aromatic heterocycles. The first kappa shape index (κ1) is 19.5. The monoisotopic (exact) mass is 405 g/mol. The molecule has 0 atom stereocenters. The van der Waals surface area contributed by atoms with Crippen molar-refractivity contribution in [2.45, 2.75) is 32.4 Å². The molecule has 1 fully saturated rings. The minimum Gasteiger partial charge on any atom is -0.497 e. The number of alkyl halides is 3. The first-order valence-electron chi connectivity index (χ1n) is 9.50. The molecule has 0 aliphatic heterocycles. The highest BCUT2D eigenvalue weighted by Gasteiger charge is 2.30. The Morgan fingerprint density at radius 3 is 2.72 bits per heavy atom. The van der Waals surface area contributed by atoms with Crippen molar-refractivity contribution in [2.24, 2.45) is 11.8 Å². The highest BCUT2D eigenvalue weighted by Crippen LogP contribution is 2.35. The van der Waals surface area contributed by atoms with Gasteiger partial charge in [0.1, 0.15) is 17.8 Å². The van der Waals surface area contributed by atoms with Crippen LogP contribution in [0.25, 0.3) is 16.8 Å². The number of imidazole rings is 1. The Balaban J connectivity index is 1.69. The summed E-state index contributed by atoms with van der Waals surface area (Å²) in [5.74, 6) is 2.25. The second-order valence-electron chi connectivity index (χ2n) is 7.66. The molecular weight excluding hydrogens is 383 g/mol. The molecular formula is C20H22F3N5O. The van der Waals surface area contributed by atoms with E-state index in [9.17, 15) is 13.2 Å². The zero-order valence-corrected chi connectivity index (χ0v) is 16.2. The Kier molecular flexibility index (Phi) is 5.06. The zero-order valence-electron chi connectivity index (χ0n) is 16.2. The third kappa shape index (κ3) is 4.13. The van der Waals surface area contributed by atoms with Crippen molar-refractivity contribution >= 4 is 11.5 Å². The van der Waals surface area contributed by atoms with Crippen LogP contribution in [0.15, 0.2) is 30.7 Å². The van der Waals surface area contributed by atoms with Gasteiger partial charge in [-0.1, -0.05) is 6.92 Å². The maximum absolute atomic E-state index is 13.1. The van der Waals surface area contributed by atoms with E-state index in [0.717, 1.165) is 12.5 Å². The lowest BCUT2D eigenvalue weighted by atomic mass is 9.76. The number of methoxy groups -OCH3 is 1. The predicted octanol–water partition coefficient (Wildman–Crippen LogP) is 4.36. The van der Waals surface area contributed by atoms with Crippen LogP contribution in [-0.2, 0) is 6.42 Å². The maximum atomic E-state index is 13.1. The summed E-state index contributed by atoms with van der Waals surface area (Å²) in [5.41, 5.74) is 1.39. The fourth-order valence-electron chi connectivity index (χ4n) is 3.91. The van der Waals surface area contributed by atoms with Crippen LogP contribution in [0.5, 0.6) is 5.75 Å². The van der Waals surface area contributed by atoms with Gasteiger partial charge in [-0.3, -0.25) is 4.40 Å². The van der Waals surface area contributed by atoms with Crippen LogP contribution in [0.3, 0.4) is 0 Å². The van der Waals surface area contributed by atoms with Gasteiger partial charge >= 0.3 is 6.18 Å². The molecule has 0 radical (unpaired) electrons. The number of anilines is 1. The van der Waals surface area contributed by atoms with Crippen LogP contribution in [-0.4, -0.2) is 39.4 Å². The quantitative estimate of drug-likeness (QED) is 0.660. The molecule has 9 heteroatoms. The summed E-state index contributed by atoms with van der Waals surface area (Å²) >= 11 is 0. The van der Waals surface area contributed by atoms with Crippen molar-refractivity contribution in [3.05, 3.63) is 36.3 Å². The van der Waals surface area contributed by atoms with Crippen LogP contribution in [0.1, 0.15) is 25.3 Å². The highest BCUT2D eigenvalue weighted by atomic mass is 19.4. The molecule has 0 bridgehead atoms. The molecule has 1 aliphatic carbocycles. The van der Waals surface area contributed by atoms with Gasteiger partial charge < -0.3 is 10.1 Å². The minimum absolute atomic E-state index is 0.0819. The van der Waals surface area contributed by atoms with E-state index in [1.807, 2.05) is 0 Å². The number of nitrogens with one attached hydrogen (secondary N) is 1. The van der Waals surface area contributed by atoms with Gasteiger partial charge in [0.25, 0.3) is 0 Å². The van der Waals surface area contributed by atoms with E-state index in [1.54, 1.807) is 29.1 Å². The van der Waals surface area contributed by atoms with E-state index < -0.39 is 12.6 Å². The molecule has 4 rings (SSSR count). The Hall–Kier alpha value is -2.84. The number of benzene rings is 1. The van der Waals surface area contributed by atoms with E-state index in [1.165, 1.54) is 26.0 Å². The highest BCUT2D eigenvalue weighted by molar-refractivity contribution is 5.79. The summed E-state index contributed by atoms with van der Waals surface area (Å²) in [6.07, 6.45) is 0.0960. The van der Waals surface area contributed by atoms with E-state index in [2.05, 4.69) is 27.4 Å². The minimum atomic E-state index is -4.35. The van der Waals surface area contributed by atoms with Crippen molar-refractivity contribution < 1.29 is 17.9 Å². The number of aromatic nitrogens is 4. The first-order chi connectivity index (χ1) is 13.8. The van der Waals surface area contributed by atoms with Gasteiger partial charge in [-0.2, -0.15) is 13.2 Å². The summed E-state index contributed by atoms with van der Waals surface area (Å²) in [7, 11) is 1.42.